The van der Waals surface area contributed by atoms with E-state index in [0.717, 1.165) is 32.0 Å². The number of hydrogen-bond donors (Lipinski definition) is 2. The Balaban J connectivity index is 2.03. The van der Waals surface area contributed by atoms with E-state index in [2.05, 4.69) is 32.6 Å². The number of halogens is 2. The Hall–Kier alpha value is -1.47. The molecule has 5 nitrogen and oxygen atoms in total. The Morgan fingerprint density at radius 1 is 1.50 bits per heavy atom. The van der Waals surface area contributed by atoms with Crippen molar-refractivity contribution >= 4 is 27.3 Å². The van der Waals surface area contributed by atoms with Crippen molar-refractivity contribution in [2.45, 2.75) is 12.8 Å². The number of benzene rings is 1. The van der Waals surface area contributed by atoms with Gasteiger partial charge in [-0.2, -0.15) is 0 Å². The van der Waals surface area contributed by atoms with Crippen molar-refractivity contribution < 1.29 is 9.31 Å². The second-order valence-electron chi connectivity index (χ2n) is 4.53. The molecule has 0 saturated heterocycles. The van der Waals surface area contributed by atoms with E-state index >= 15 is 0 Å². The fourth-order valence-electron chi connectivity index (χ4n) is 2.08. The van der Waals surface area contributed by atoms with Gasteiger partial charge in [-0.1, -0.05) is 11.6 Å². The Morgan fingerprint density at radius 3 is 2.95 bits per heavy atom. The van der Waals surface area contributed by atoms with Gasteiger partial charge in [-0.05, 0) is 41.4 Å². The predicted molar refractivity (Wildman–Crippen MR) is 79.4 cm³/mol. The van der Waals surface area contributed by atoms with E-state index in [0.29, 0.717) is 12.2 Å². The van der Waals surface area contributed by atoms with E-state index in [1.54, 1.807) is 0 Å². The molecule has 0 amide bonds. The van der Waals surface area contributed by atoms with Gasteiger partial charge in [0, 0.05) is 13.1 Å². The molecular formula is C13H15BrFN3O2. The van der Waals surface area contributed by atoms with Crippen LogP contribution in [0.4, 0.5) is 15.8 Å². The fraction of sp³-hybridized carbons (Fsp3) is 0.385. The zero-order valence-electron chi connectivity index (χ0n) is 10.8. The number of nitrogens with one attached hydrogen (secondary N) is 2. The summed E-state index contributed by atoms with van der Waals surface area (Å²) in [4.78, 5) is 10.3. The van der Waals surface area contributed by atoms with Crippen LogP contribution in [-0.4, -0.2) is 24.6 Å². The van der Waals surface area contributed by atoms with E-state index in [-0.39, 0.29) is 10.2 Å². The minimum atomic E-state index is -0.636. The minimum Gasteiger partial charge on any atom is -0.379 e. The summed E-state index contributed by atoms with van der Waals surface area (Å²) >= 11 is 3.04. The van der Waals surface area contributed by atoms with Gasteiger partial charge in [0.2, 0.25) is 0 Å². The van der Waals surface area contributed by atoms with Gasteiger partial charge in [-0.25, -0.2) is 4.39 Å². The summed E-state index contributed by atoms with van der Waals surface area (Å²) in [6, 6.07) is 2.33. The lowest BCUT2D eigenvalue weighted by atomic mass is 10.1. The summed E-state index contributed by atoms with van der Waals surface area (Å²) in [5.41, 5.74) is 1.42. The lowest BCUT2D eigenvalue weighted by Gasteiger charge is -2.14. The van der Waals surface area contributed by atoms with Gasteiger partial charge in [0.05, 0.1) is 15.5 Å². The average Bonchev–Trinajstić information content (AvgIpc) is 2.43. The molecule has 0 unspecified atom stereocenters. The maximum atomic E-state index is 13.3. The molecule has 2 N–H and O–H groups in total. The molecule has 108 valence electrons. The molecule has 0 spiro atoms. The second-order valence-corrected chi connectivity index (χ2v) is 5.39. The van der Waals surface area contributed by atoms with Crippen molar-refractivity contribution in [2.24, 2.45) is 0 Å². The van der Waals surface area contributed by atoms with E-state index in [9.17, 15) is 14.5 Å². The standard InChI is InChI=1S/C13H15BrFN3O2/c14-10-7-12(13(18(19)20)8-11(10)15)17-6-3-9-1-4-16-5-2-9/h1,7-8,16-17H,2-6H2. The van der Waals surface area contributed by atoms with Gasteiger partial charge in [0.25, 0.3) is 5.69 Å². The summed E-state index contributed by atoms with van der Waals surface area (Å²) in [6.07, 6.45) is 3.96. The van der Waals surface area contributed by atoms with Crippen molar-refractivity contribution in [1.82, 2.24) is 5.32 Å². The Bertz CT molecular complexity index is 549. The van der Waals surface area contributed by atoms with Crippen molar-refractivity contribution in [3.8, 4) is 0 Å². The van der Waals surface area contributed by atoms with Crippen molar-refractivity contribution in [3.05, 3.63) is 44.2 Å². The number of hydrogen-bond acceptors (Lipinski definition) is 4. The van der Waals surface area contributed by atoms with Crippen LogP contribution in [0.2, 0.25) is 0 Å². The van der Waals surface area contributed by atoms with Crippen molar-refractivity contribution in [1.29, 1.82) is 0 Å². The SMILES string of the molecule is O=[N+]([O-])c1cc(F)c(Br)cc1NCCC1=CCNCC1. The number of rotatable bonds is 5. The molecule has 1 aromatic carbocycles. The van der Waals surface area contributed by atoms with Crippen LogP contribution < -0.4 is 10.6 Å². The number of nitrogens with zero attached hydrogens (tertiary/aromatic N) is 1. The highest BCUT2D eigenvalue weighted by Gasteiger charge is 2.17. The average molecular weight is 344 g/mol. The third-order valence-electron chi connectivity index (χ3n) is 3.15. The minimum absolute atomic E-state index is 0.215. The van der Waals surface area contributed by atoms with Gasteiger partial charge >= 0.3 is 0 Å². The molecule has 0 radical (unpaired) electrons. The molecule has 0 aromatic heterocycles. The van der Waals surface area contributed by atoms with Gasteiger partial charge < -0.3 is 10.6 Å². The number of nitro benzene ring substituents is 1. The molecule has 7 heteroatoms. The van der Waals surface area contributed by atoms with Crippen LogP contribution in [0.3, 0.4) is 0 Å². The molecule has 20 heavy (non-hydrogen) atoms. The smallest absolute Gasteiger partial charge is 0.295 e. The molecule has 0 fully saturated rings. The fourth-order valence-corrected chi connectivity index (χ4v) is 2.43. The van der Waals surface area contributed by atoms with Crippen molar-refractivity contribution in [3.63, 3.8) is 0 Å². The highest BCUT2D eigenvalue weighted by molar-refractivity contribution is 9.10. The first kappa shape index (κ1) is 14.9. The largest absolute Gasteiger partial charge is 0.379 e. The van der Waals surface area contributed by atoms with Crippen LogP contribution in [-0.2, 0) is 0 Å². The predicted octanol–water partition coefficient (Wildman–Crippen LogP) is 3.22. The third kappa shape index (κ3) is 3.77. The summed E-state index contributed by atoms with van der Waals surface area (Å²) in [7, 11) is 0. The zero-order valence-corrected chi connectivity index (χ0v) is 12.4. The Morgan fingerprint density at radius 2 is 2.30 bits per heavy atom. The lowest BCUT2D eigenvalue weighted by molar-refractivity contribution is -0.384. The quantitative estimate of drug-likeness (QED) is 0.489. The molecule has 1 aliphatic rings. The molecular weight excluding hydrogens is 329 g/mol. The normalized spacial score (nSPS) is 14.8. The second kappa shape index (κ2) is 6.81. The highest BCUT2D eigenvalue weighted by Crippen LogP contribution is 2.30. The van der Waals surface area contributed by atoms with Crippen LogP contribution in [0.15, 0.2) is 28.3 Å². The highest BCUT2D eigenvalue weighted by atomic mass is 79.9. The van der Waals surface area contributed by atoms with Crippen LogP contribution >= 0.6 is 15.9 Å². The van der Waals surface area contributed by atoms with Crippen LogP contribution in [0.5, 0.6) is 0 Å². The Labute approximate surface area is 124 Å². The van der Waals surface area contributed by atoms with E-state index in [1.807, 2.05) is 0 Å². The third-order valence-corrected chi connectivity index (χ3v) is 3.76. The molecule has 1 heterocycles. The van der Waals surface area contributed by atoms with E-state index < -0.39 is 10.7 Å². The number of nitro groups is 1. The van der Waals surface area contributed by atoms with Crippen LogP contribution in [0, 0.1) is 15.9 Å². The molecule has 1 aliphatic heterocycles. The molecule has 0 bridgehead atoms. The van der Waals surface area contributed by atoms with Gasteiger partial charge in [0.1, 0.15) is 11.5 Å². The summed E-state index contributed by atoms with van der Waals surface area (Å²) in [6.45, 7) is 2.43. The van der Waals surface area contributed by atoms with Gasteiger partial charge in [-0.3, -0.25) is 10.1 Å². The molecule has 2 rings (SSSR count). The zero-order chi connectivity index (χ0) is 14.5. The molecule has 0 saturated carbocycles. The Kier molecular flexibility index (Phi) is 5.08. The first-order valence-electron chi connectivity index (χ1n) is 6.34. The first-order chi connectivity index (χ1) is 9.58. The van der Waals surface area contributed by atoms with Crippen LogP contribution in [0.25, 0.3) is 0 Å². The maximum absolute atomic E-state index is 13.3. The van der Waals surface area contributed by atoms with E-state index in [4.69, 9.17) is 0 Å². The topological polar surface area (TPSA) is 67.2 Å². The molecule has 1 aromatic rings. The van der Waals surface area contributed by atoms with Gasteiger partial charge in [-0.15, -0.1) is 0 Å². The summed E-state index contributed by atoms with van der Waals surface area (Å²) in [5.74, 6) is -0.636. The monoisotopic (exact) mass is 343 g/mol. The summed E-state index contributed by atoms with van der Waals surface area (Å²) in [5, 5.41) is 17.2. The molecule has 0 aliphatic carbocycles. The van der Waals surface area contributed by atoms with Crippen LogP contribution in [0.1, 0.15) is 12.8 Å². The van der Waals surface area contributed by atoms with Crippen molar-refractivity contribution in [2.75, 3.05) is 25.0 Å². The maximum Gasteiger partial charge on any atom is 0.295 e. The first-order valence-corrected chi connectivity index (χ1v) is 7.13. The van der Waals surface area contributed by atoms with Gasteiger partial charge in [0.15, 0.2) is 0 Å². The molecule has 0 atom stereocenters. The summed E-state index contributed by atoms with van der Waals surface area (Å²) < 4.78 is 13.6. The van der Waals surface area contributed by atoms with E-state index in [1.165, 1.54) is 11.6 Å². The lowest BCUT2D eigenvalue weighted by Crippen LogP contribution is -2.21. The number of anilines is 1.